The van der Waals surface area contributed by atoms with Crippen molar-refractivity contribution in [1.82, 2.24) is 0 Å². The average molecular weight is 1100 g/mol. The van der Waals surface area contributed by atoms with E-state index in [1.807, 2.05) is 0 Å². The van der Waals surface area contributed by atoms with E-state index in [1.165, 1.54) is 225 Å². The van der Waals surface area contributed by atoms with Gasteiger partial charge in [-0.25, -0.2) is 0 Å². The summed E-state index contributed by atoms with van der Waals surface area (Å²) in [5.41, 5.74) is 0. The van der Waals surface area contributed by atoms with Gasteiger partial charge in [0.05, 0.1) is 0 Å². The normalized spacial score (nSPS) is 12.5. The average Bonchev–Trinajstić information content (AvgIpc) is 3.45. The molecule has 0 spiro atoms. The molecule has 0 rings (SSSR count). The van der Waals surface area contributed by atoms with Gasteiger partial charge in [-0.3, -0.25) is 14.4 Å². The highest BCUT2D eigenvalue weighted by molar-refractivity contribution is 5.71. The summed E-state index contributed by atoms with van der Waals surface area (Å²) in [6, 6.07) is 0. The van der Waals surface area contributed by atoms with Gasteiger partial charge >= 0.3 is 17.9 Å². The van der Waals surface area contributed by atoms with Gasteiger partial charge in [-0.15, -0.1) is 0 Å². The van der Waals surface area contributed by atoms with Gasteiger partial charge in [0.1, 0.15) is 13.2 Å². The van der Waals surface area contributed by atoms with Crippen LogP contribution in [0.4, 0.5) is 0 Å². The van der Waals surface area contributed by atoms with E-state index < -0.39 is 6.10 Å². The van der Waals surface area contributed by atoms with Crippen LogP contribution < -0.4 is 0 Å². The Morgan fingerprint density at radius 2 is 0.494 bits per heavy atom. The summed E-state index contributed by atoms with van der Waals surface area (Å²) in [6.45, 7) is 6.53. The van der Waals surface area contributed by atoms with Gasteiger partial charge in [0.15, 0.2) is 6.10 Å². The van der Waals surface area contributed by atoms with Crippen LogP contribution in [0.2, 0.25) is 0 Å². The molecule has 0 fully saturated rings. The third kappa shape index (κ3) is 65.5. The van der Waals surface area contributed by atoms with Crippen molar-refractivity contribution < 1.29 is 28.6 Å². The van der Waals surface area contributed by atoms with E-state index in [0.29, 0.717) is 19.3 Å². The first-order valence-corrected chi connectivity index (χ1v) is 34.4. The predicted molar refractivity (Wildman–Crippen MR) is 344 cm³/mol. The maximum absolute atomic E-state index is 12.9. The van der Waals surface area contributed by atoms with Gasteiger partial charge < -0.3 is 14.2 Å². The zero-order chi connectivity index (χ0) is 57.1. The maximum atomic E-state index is 12.9. The zero-order valence-corrected chi connectivity index (χ0v) is 52.6. The number of carbonyl (C=O) groups excluding carboxylic acids is 3. The number of unbranched alkanes of at least 4 members (excludes halogenated alkanes) is 40. The maximum Gasteiger partial charge on any atom is 0.306 e. The third-order valence-electron chi connectivity index (χ3n) is 15.2. The van der Waals surface area contributed by atoms with Gasteiger partial charge in [0.25, 0.3) is 0 Å². The Morgan fingerprint density at radius 1 is 0.266 bits per heavy atom. The third-order valence-corrected chi connectivity index (χ3v) is 15.2. The fourth-order valence-electron chi connectivity index (χ4n) is 10.1. The van der Waals surface area contributed by atoms with Crippen molar-refractivity contribution in [2.24, 2.45) is 0 Å². The number of esters is 3. The van der Waals surface area contributed by atoms with Crippen LogP contribution in [-0.4, -0.2) is 37.2 Å². The largest absolute Gasteiger partial charge is 0.462 e. The number of rotatable bonds is 63. The molecule has 0 N–H and O–H groups in total. The summed E-state index contributed by atoms with van der Waals surface area (Å²) in [5, 5.41) is 0. The zero-order valence-electron chi connectivity index (χ0n) is 52.6. The molecule has 0 aliphatic carbocycles. The van der Waals surface area contributed by atoms with E-state index in [1.54, 1.807) is 0 Å². The lowest BCUT2D eigenvalue weighted by Gasteiger charge is -2.18. The predicted octanol–water partition coefficient (Wildman–Crippen LogP) is 23.7. The van der Waals surface area contributed by atoms with Crippen LogP contribution in [0.25, 0.3) is 0 Å². The number of ether oxygens (including phenoxy) is 3. The van der Waals surface area contributed by atoms with Gasteiger partial charge in [0, 0.05) is 19.3 Å². The molecule has 0 radical (unpaired) electrons. The molecule has 0 heterocycles. The summed E-state index contributed by atoms with van der Waals surface area (Å²) in [5.74, 6) is -0.916. The molecule has 0 saturated heterocycles. The monoisotopic (exact) mass is 1100 g/mol. The standard InChI is InChI=1S/C73H130O6/c1-4-7-10-13-16-19-22-25-28-30-32-34-35-36-37-39-40-42-45-48-51-54-57-60-63-66-72(75)78-69-70(68-77-71(74)65-62-59-56-53-50-47-44-27-24-21-18-15-12-9-6-3)79-73(76)67-64-61-58-55-52-49-46-43-41-38-33-31-29-26-23-20-17-14-11-8-5-2/h9,12,18,21,23,26-27,31,33,44,50,53,70H,4-8,10-11,13-17,19-20,22,24-25,28-30,32,34-43,45-49,51-52,54-69H2,1-3H3/b12-9-,21-18-,26-23-,33-31-,44-27-,53-50-. The second-order valence-electron chi connectivity index (χ2n) is 23.1. The molecule has 0 aliphatic heterocycles. The Kier molecular flexibility index (Phi) is 64.7. The molecule has 0 bridgehead atoms. The minimum atomic E-state index is -0.795. The Bertz CT molecular complexity index is 1450. The van der Waals surface area contributed by atoms with Crippen LogP contribution >= 0.6 is 0 Å². The van der Waals surface area contributed by atoms with Gasteiger partial charge in [-0.05, 0) is 89.9 Å². The van der Waals surface area contributed by atoms with Crippen LogP contribution in [0.15, 0.2) is 72.9 Å². The second kappa shape index (κ2) is 67.4. The van der Waals surface area contributed by atoms with Crippen LogP contribution in [0.5, 0.6) is 0 Å². The van der Waals surface area contributed by atoms with Crippen molar-refractivity contribution in [3.05, 3.63) is 72.9 Å². The molecule has 0 aromatic carbocycles. The van der Waals surface area contributed by atoms with Crippen LogP contribution in [0, 0.1) is 0 Å². The molecule has 0 aliphatic rings. The van der Waals surface area contributed by atoms with Gasteiger partial charge in [-0.2, -0.15) is 0 Å². The highest BCUT2D eigenvalue weighted by Gasteiger charge is 2.19. The first-order chi connectivity index (χ1) is 39.0. The van der Waals surface area contributed by atoms with Gasteiger partial charge in [0.2, 0.25) is 0 Å². The van der Waals surface area contributed by atoms with Crippen LogP contribution in [0.3, 0.4) is 0 Å². The molecule has 0 aromatic heterocycles. The molecule has 6 heteroatoms. The van der Waals surface area contributed by atoms with Crippen molar-refractivity contribution in [1.29, 1.82) is 0 Å². The van der Waals surface area contributed by atoms with Crippen molar-refractivity contribution in [3.8, 4) is 0 Å². The Morgan fingerprint density at radius 3 is 0.797 bits per heavy atom. The summed E-state index contributed by atoms with van der Waals surface area (Å²) in [7, 11) is 0. The molecule has 1 atom stereocenters. The molecular weight excluding hydrogens is 973 g/mol. The fourth-order valence-corrected chi connectivity index (χ4v) is 10.1. The lowest BCUT2D eigenvalue weighted by atomic mass is 10.0. The van der Waals surface area contributed by atoms with E-state index in [9.17, 15) is 14.4 Å². The molecule has 79 heavy (non-hydrogen) atoms. The fraction of sp³-hybridized carbons (Fsp3) is 0.795. The number of hydrogen-bond donors (Lipinski definition) is 0. The van der Waals surface area contributed by atoms with Crippen LogP contribution in [0.1, 0.15) is 355 Å². The van der Waals surface area contributed by atoms with Crippen molar-refractivity contribution in [3.63, 3.8) is 0 Å². The Labute approximate surface area is 491 Å². The molecule has 1 unspecified atom stereocenters. The molecule has 6 nitrogen and oxygen atoms in total. The first-order valence-electron chi connectivity index (χ1n) is 34.4. The number of carbonyl (C=O) groups is 3. The Hall–Kier alpha value is -3.15. The minimum Gasteiger partial charge on any atom is -0.462 e. The van der Waals surface area contributed by atoms with Crippen molar-refractivity contribution in [2.75, 3.05) is 13.2 Å². The lowest BCUT2D eigenvalue weighted by molar-refractivity contribution is -0.167. The quantitative estimate of drug-likeness (QED) is 0.0261. The van der Waals surface area contributed by atoms with E-state index >= 15 is 0 Å². The second-order valence-corrected chi connectivity index (χ2v) is 23.1. The van der Waals surface area contributed by atoms with E-state index in [2.05, 4.69) is 93.7 Å². The number of hydrogen-bond acceptors (Lipinski definition) is 6. The molecule has 0 aromatic rings. The topological polar surface area (TPSA) is 78.9 Å². The molecule has 0 saturated carbocycles. The van der Waals surface area contributed by atoms with Crippen molar-refractivity contribution >= 4 is 17.9 Å². The SMILES string of the molecule is CC/C=C\C/C=C\C/C=C\C/C=C\CCCCC(=O)OCC(COC(=O)CCCCCCCCCCCCCCCCCCCCCCCCCCC)OC(=O)CCCCCCCCCCC/C=C\C/C=C\CCCCCCC. The van der Waals surface area contributed by atoms with Crippen LogP contribution in [-0.2, 0) is 28.6 Å². The molecule has 458 valence electrons. The summed E-state index contributed by atoms with van der Waals surface area (Å²) < 4.78 is 16.9. The smallest absolute Gasteiger partial charge is 0.306 e. The summed E-state index contributed by atoms with van der Waals surface area (Å²) >= 11 is 0. The number of allylic oxidation sites excluding steroid dienone is 12. The highest BCUT2D eigenvalue weighted by atomic mass is 16.6. The van der Waals surface area contributed by atoms with E-state index in [0.717, 1.165) is 89.9 Å². The van der Waals surface area contributed by atoms with Gasteiger partial charge in [-0.1, -0.05) is 318 Å². The highest BCUT2D eigenvalue weighted by Crippen LogP contribution is 2.18. The Balaban J connectivity index is 4.32. The lowest BCUT2D eigenvalue weighted by Crippen LogP contribution is -2.30. The minimum absolute atomic E-state index is 0.0872. The van der Waals surface area contributed by atoms with Crippen molar-refractivity contribution in [2.45, 2.75) is 361 Å². The van der Waals surface area contributed by atoms with E-state index in [-0.39, 0.29) is 31.1 Å². The summed E-state index contributed by atoms with van der Waals surface area (Å²) in [6.07, 6.45) is 87.9. The molecule has 0 amide bonds. The summed E-state index contributed by atoms with van der Waals surface area (Å²) in [4.78, 5) is 38.4. The molecular formula is C73H130O6. The van der Waals surface area contributed by atoms with E-state index in [4.69, 9.17) is 14.2 Å². The first kappa shape index (κ1) is 75.8.